The molecule has 162 valence electrons. The van der Waals surface area contributed by atoms with Crippen LogP contribution in [-0.4, -0.2) is 11.3 Å². The lowest BCUT2D eigenvalue weighted by Gasteiger charge is -2.37. The lowest BCUT2D eigenvalue weighted by Crippen LogP contribution is -2.57. The Morgan fingerprint density at radius 1 is 0.500 bits per heavy atom. The molecule has 2 nitrogen and oxygen atoms in total. The molecule has 5 aromatic rings. The van der Waals surface area contributed by atoms with E-state index >= 15 is 0 Å². The molecule has 34 heavy (non-hydrogen) atoms. The van der Waals surface area contributed by atoms with E-state index in [-0.39, 0.29) is 6.71 Å². The van der Waals surface area contributed by atoms with Crippen LogP contribution in [0.2, 0.25) is 0 Å². The summed E-state index contributed by atoms with van der Waals surface area (Å²) in [6.07, 6.45) is 0. The summed E-state index contributed by atoms with van der Waals surface area (Å²) in [6, 6.07) is 45.7. The second-order valence-corrected chi connectivity index (χ2v) is 9.85. The standard InChI is InChI=1S/C30H22BNOS/c33-34(25-13-5-2-6-14-25)26-21-19-24(20-22-26)32-29-17-9-7-15-27(29)31(23-11-3-1-4-12-23)28-16-8-10-18-30(28)32/h1-22H. The highest BCUT2D eigenvalue weighted by Gasteiger charge is 2.34. The van der Waals surface area contributed by atoms with Gasteiger partial charge in [0.1, 0.15) is 0 Å². The molecule has 1 aliphatic heterocycles. The molecule has 0 amide bonds. The fourth-order valence-electron chi connectivity index (χ4n) is 4.85. The molecule has 4 heteroatoms. The van der Waals surface area contributed by atoms with Crippen molar-refractivity contribution in [2.24, 2.45) is 0 Å². The van der Waals surface area contributed by atoms with Gasteiger partial charge in [-0.25, -0.2) is 0 Å². The third kappa shape index (κ3) is 3.62. The molecule has 0 saturated carbocycles. The highest BCUT2D eigenvalue weighted by molar-refractivity contribution is 7.91. The van der Waals surface area contributed by atoms with Crippen LogP contribution < -0.4 is 21.3 Å². The van der Waals surface area contributed by atoms with Crippen molar-refractivity contribution in [1.29, 1.82) is 0 Å². The Kier molecular flexibility index (Phi) is 5.46. The smallest absolute Gasteiger partial charge is 0.246 e. The van der Waals surface area contributed by atoms with Gasteiger partial charge in [0.2, 0.25) is 6.71 Å². The maximum absolute atomic E-state index is 13.0. The van der Waals surface area contributed by atoms with Crippen molar-refractivity contribution in [3.8, 4) is 0 Å². The summed E-state index contributed by atoms with van der Waals surface area (Å²) in [4.78, 5) is 3.93. The minimum atomic E-state index is -1.20. The molecule has 0 bridgehead atoms. The van der Waals surface area contributed by atoms with Gasteiger partial charge in [-0.05, 0) is 59.5 Å². The zero-order valence-electron chi connectivity index (χ0n) is 18.5. The summed E-state index contributed by atoms with van der Waals surface area (Å²) in [5.74, 6) is 0. The van der Waals surface area contributed by atoms with Gasteiger partial charge in [0, 0.05) is 28.2 Å². The minimum absolute atomic E-state index is 0.176. The van der Waals surface area contributed by atoms with E-state index < -0.39 is 11.2 Å². The maximum atomic E-state index is 13.0. The summed E-state index contributed by atoms with van der Waals surface area (Å²) in [6.45, 7) is 0.176. The molecule has 1 heterocycles. The van der Waals surface area contributed by atoms with Crippen LogP contribution in [0, 0.1) is 0 Å². The number of fused-ring (bicyclic) bond motifs is 2. The second-order valence-electron chi connectivity index (χ2n) is 8.37. The van der Waals surface area contributed by atoms with Gasteiger partial charge >= 0.3 is 0 Å². The van der Waals surface area contributed by atoms with Crippen LogP contribution in [0.5, 0.6) is 0 Å². The first-order valence-corrected chi connectivity index (χ1v) is 12.6. The van der Waals surface area contributed by atoms with Crippen LogP contribution in [-0.2, 0) is 11.2 Å². The van der Waals surface area contributed by atoms with Crippen molar-refractivity contribution in [2.45, 2.75) is 9.79 Å². The van der Waals surface area contributed by atoms with Gasteiger partial charge in [0.05, 0.1) is 0 Å². The predicted molar refractivity (Wildman–Crippen MR) is 143 cm³/mol. The molecular formula is C30H22BNOS. The number of hydrogen-bond donors (Lipinski definition) is 0. The van der Waals surface area contributed by atoms with Crippen molar-refractivity contribution in [2.75, 3.05) is 4.90 Å². The number of anilines is 3. The van der Waals surface area contributed by atoms with E-state index in [1.807, 2.05) is 42.5 Å². The Balaban J connectivity index is 1.45. The first-order valence-electron chi connectivity index (χ1n) is 11.4. The van der Waals surface area contributed by atoms with Gasteiger partial charge in [-0.3, -0.25) is 0 Å². The zero-order valence-corrected chi connectivity index (χ0v) is 19.4. The first-order chi connectivity index (χ1) is 16.8. The van der Waals surface area contributed by atoms with Gasteiger partial charge in [0.25, 0.3) is 0 Å². The monoisotopic (exact) mass is 455 g/mol. The molecule has 1 atom stereocenters. The van der Waals surface area contributed by atoms with Crippen molar-refractivity contribution >= 4 is 51.3 Å². The predicted octanol–water partition coefficient (Wildman–Crippen LogP) is 5.15. The number of hydrogen-bond acceptors (Lipinski definition) is 2. The molecular weight excluding hydrogens is 433 g/mol. The molecule has 0 fully saturated rings. The van der Waals surface area contributed by atoms with Crippen LogP contribution in [0.1, 0.15) is 0 Å². The average molecular weight is 455 g/mol. The average Bonchev–Trinajstić information content (AvgIpc) is 2.92. The van der Waals surface area contributed by atoms with Crippen LogP contribution in [0.25, 0.3) is 0 Å². The van der Waals surface area contributed by atoms with E-state index in [4.69, 9.17) is 0 Å². The Labute approximate surface area is 203 Å². The van der Waals surface area contributed by atoms with E-state index in [9.17, 15) is 4.55 Å². The fraction of sp³-hybridized carbons (Fsp3) is 0. The lowest BCUT2D eigenvalue weighted by molar-refractivity contribution is 0.595. The number of para-hydroxylation sites is 2. The number of rotatable bonds is 4. The van der Waals surface area contributed by atoms with E-state index in [1.165, 1.54) is 27.8 Å². The van der Waals surface area contributed by atoms with Crippen molar-refractivity contribution in [3.63, 3.8) is 0 Å². The lowest BCUT2D eigenvalue weighted by atomic mass is 9.35. The van der Waals surface area contributed by atoms with Gasteiger partial charge in [-0.15, -0.1) is 0 Å². The Morgan fingerprint density at radius 3 is 1.56 bits per heavy atom. The highest BCUT2D eigenvalue weighted by atomic mass is 32.2. The molecule has 0 saturated heterocycles. The molecule has 0 N–H and O–H groups in total. The number of benzene rings is 5. The molecule has 0 aromatic heterocycles. The molecule has 1 aliphatic rings. The largest absolute Gasteiger partial charge is 0.606 e. The van der Waals surface area contributed by atoms with Crippen LogP contribution in [0.15, 0.2) is 143 Å². The molecule has 0 radical (unpaired) electrons. The van der Waals surface area contributed by atoms with Crippen LogP contribution in [0.4, 0.5) is 17.1 Å². The normalized spacial score (nSPS) is 13.2. The van der Waals surface area contributed by atoms with Crippen LogP contribution >= 0.6 is 0 Å². The maximum Gasteiger partial charge on any atom is 0.246 e. The zero-order chi connectivity index (χ0) is 22.9. The SMILES string of the molecule is [O-][S+](c1ccccc1)c1ccc(N2c3ccccc3B(c3ccccc3)c3ccccc32)cc1. The molecule has 0 spiro atoms. The molecule has 1 unspecified atom stereocenters. The minimum Gasteiger partial charge on any atom is -0.606 e. The van der Waals surface area contributed by atoms with E-state index in [2.05, 4.69) is 95.9 Å². The summed E-state index contributed by atoms with van der Waals surface area (Å²) in [5.41, 5.74) is 7.25. The summed E-state index contributed by atoms with van der Waals surface area (Å²) >= 11 is -1.20. The van der Waals surface area contributed by atoms with Crippen LogP contribution in [0.3, 0.4) is 0 Å². The first kappa shape index (κ1) is 20.9. The Morgan fingerprint density at radius 2 is 0.971 bits per heavy atom. The molecule has 0 aliphatic carbocycles. The fourth-order valence-corrected chi connectivity index (χ4v) is 5.91. The summed E-state index contributed by atoms with van der Waals surface area (Å²) in [7, 11) is 0. The van der Waals surface area contributed by atoms with E-state index in [1.54, 1.807) is 0 Å². The van der Waals surface area contributed by atoms with Gasteiger partial charge in [-0.2, -0.15) is 0 Å². The van der Waals surface area contributed by atoms with Gasteiger partial charge in [0.15, 0.2) is 9.79 Å². The molecule has 6 rings (SSSR count). The Hall–Kier alpha value is -3.73. The van der Waals surface area contributed by atoms with E-state index in [0.29, 0.717) is 0 Å². The third-order valence-corrected chi connectivity index (χ3v) is 7.78. The molecule has 5 aromatic carbocycles. The third-order valence-electron chi connectivity index (χ3n) is 6.38. The van der Waals surface area contributed by atoms with Crippen molar-refractivity contribution in [3.05, 3.63) is 133 Å². The van der Waals surface area contributed by atoms with Gasteiger partial charge < -0.3 is 9.45 Å². The summed E-state index contributed by atoms with van der Waals surface area (Å²) < 4.78 is 13.0. The highest BCUT2D eigenvalue weighted by Crippen LogP contribution is 2.36. The quantitative estimate of drug-likeness (QED) is 0.271. The topological polar surface area (TPSA) is 26.3 Å². The van der Waals surface area contributed by atoms with Gasteiger partial charge in [-0.1, -0.05) is 90.4 Å². The Bertz CT molecular complexity index is 1380. The summed E-state index contributed by atoms with van der Waals surface area (Å²) in [5, 5.41) is 0. The van der Waals surface area contributed by atoms with Crippen molar-refractivity contribution in [1.82, 2.24) is 0 Å². The van der Waals surface area contributed by atoms with E-state index in [0.717, 1.165) is 15.5 Å². The van der Waals surface area contributed by atoms with Crippen molar-refractivity contribution < 1.29 is 4.55 Å². The second kappa shape index (κ2) is 8.90. The number of nitrogens with zero attached hydrogens (tertiary/aromatic N) is 1.